The first kappa shape index (κ1) is 16.4. The van der Waals surface area contributed by atoms with E-state index >= 15 is 0 Å². The molecule has 0 amide bonds. The van der Waals surface area contributed by atoms with Crippen molar-refractivity contribution >= 4 is 17.5 Å². The molecule has 0 spiro atoms. The fourth-order valence-electron chi connectivity index (χ4n) is 2.72. The molecule has 6 nitrogen and oxygen atoms in total. The molecule has 1 aliphatic heterocycles. The van der Waals surface area contributed by atoms with E-state index in [9.17, 15) is 0 Å². The molecular formula is C18H24N4O2. The molecule has 1 N–H and O–H groups in total. The van der Waals surface area contributed by atoms with Crippen molar-refractivity contribution in [3.8, 4) is 11.5 Å². The van der Waals surface area contributed by atoms with Gasteiger partial charge in [-0.1, -0.05) is 13.8 Å². The molecule has 0 saturated heterocycles. The van der Waals surface area contributed by atoms with Crippen LogP contribution in [-0.2, 0) is 0 Å². The average Bonchev–Trinajstić information content (AvgIpc) is 2.62. The van der Waals surface area contributed by atoms with E-state index in [0.717, 1.165) is 48.9 Å². The van der Waals surface area contributed by atoms with Crippen LogP contribution in [-0.4, -0.2) is 36.3 Å². The van der Waals surface area contributed by atoms with Crippen molar-refractivity contribution in [3.05, 3.63) is 30.5 Å². The summed E-state index contributed by atoms with van der Waals surface area (Å²) in [6, 6.07) is 7.72. The molecule has 24 heavy (non-hydrogen) atoms. The van der Waals surface area contributed by atoms with Gasteiger partial charge in [-0.05, 0) is 31.0 Å². The van der Waals surface area contributed by atoms with Crippen LogP contribution in [0, 0.1) is 0 Å². The van der Waals surface area contributed by atoms with Gasteiger partial charge in [-0.3, -0.25) is 0 Å². The highest BCUT2D eigenvalue weighted by atomic mass is 16.6. The molecule has 6 heteroatoms. The van der Waals surface area contributed by atoms with Crippen molar-refractivity contribution in [1.29, 1.82) is 0 Å². The Hall–Kier alpha value is -2.50. The standard InChI is InChI=1S/C18H24N4O2/c1-3-9-22(10-4-2)17-7-8-19-18(21-17)20-14-5-6-15-16(13-14)24-12-11-23-15/h5-8,13H,3-4,9-12H2,1-2H3,(H,19,20,21). The number of aromatic nitrogens is 2. The van der Waals surface area contributed by atoms with Crippen LogP contribution >= 0.6 is 0 Å². The fraction of sp³-hybridized carbons (Fsp3) is 0.444. The van der Waals surface area contributed by atoms with Crippen molar-refractivity contribution in [2.75, 3.05) is 36.5 Å². The molecule has 3 rings (SSSR count). The largest absolute Gasteiger partial charge is 0.486 e. The van der Waals surface area contributed by atoms with Crippen LogP contribution in [0.25, 0.3) is 0 Å². The van der Waals surface area contributed by atoms with Crippen LogP contribution in [0.15, 0.2) is 30.5 Å². The van der Waals surface area contributed by atoms with Crippen LogP contribution in [0.3, 0.4) is 0 Å². The van der Waals surface area contributed by atoms with Gasteiger partial charge in [0.2, 0.25) is 5.95 Å². The van der Waals surface area contributed by atoms with Crippen LogP contribution in [0.4, 0.5) is 17.5 Å². The van der Waals surface area contributed by atoms with Gasteiger partial charge in [-0.15, -0.1) is 0 Å². The van der Waals surface area contributed by atoms with Gasteiger partial charge in [0.1, 0.15) is 19.0 Å². The summed E-state index contributed by atoms with van der Waals surface area (Å²) in [5, 5.41) is 3.25. The first-order chi connectivity index (χ1) is 11.8. The van der Waals surface area contributed by atoms with E-state index in [1.54, 1.807) is 6.20 Å². The number of nitrogens with one attached hydrogen (secondary N) is 1. The summed E-state index contributed by atoms with van der Waals surface area (Å²) in [6.45, 7) is 7.51. The molecule has 128 valence electrons. The summed E-state index contributed by atoms with van der Waals surface area (Å²) in [5.74, 6) is 3.06. The summed E-state index contributed by atoms with van der Waals surface area (Å²) in [7, 11) is 0. The monoisotopic (exact) mass is 328 g/mol. The molecule has 0 aliphatic carbocycles. The fourth-order valence-corrected chi connectivity index (χ4v) is 2.72. The lowest BCUT2D eigenvalue weighted by Crippen LogP contribution is -2.26. The van der Waals surface area contributed by atoms with E-state index in [0.29, 0.717) is 19.2 Å². The molecule has 2 aromatic rings. The third-order valence-electron chi connectivity index (χ3n) is 3.75. The Morgan fingerprint density at radius 3 is 2.54 bits per heavy atom. The highest BCUT2D eigenvalue weighted by Crippen LogP contribution is 2.33. The van der Waals surface area contributed by atoms with E-state index in [1.165, 1.54) is 0 Å². The lowest BCUT2D eigenvalue weighted by molar-refractivity contribution is 0.171. The van der Waals surface area contributed by atoms with E-state index in [2.05, 4.69) is 34.0 Å². The molecule has 1 aromatic carbocycles. The molecule has 0 saturated carbocycles. The number of ether oxygens (including phenoxy) is 2. The molecule has 0 unspecified atom stereocenters. The number of nitrogens with zero attached hydrogens (tertiary/aromatic N) is 3. The Labute approximate surface area is 142 Å². The number of fused-ring (bicyclic) bond motifs is 1. The van der Waals surface area contributed by atoms with Crippen LogP contribution in [0.1, 0.15) is 26.7 Å². The van der Waals surface area contributed by atoms with Gasteiger partial charge < -0.3 is 19.7 Å². The van der Waals surface area contributed by atoms with Crippen LogP contribution < -0.4 is 19.7 Å². The second kappa shape index (κ2) is 7.86. The Kier molecular flexibility index (Phi) is 5.36. The molecule has 0 radical (unpaired) electrons. The van der Waals surface area contributed by atoms with Gasteiger partial charge in [0, 0.05) is 31.0 Å². The lowest BCUT2D eigenvalue weighted by atomic mass is 10.2. The maximum atomic E-state index is 5.61. The summed E-state index contributed by atoms with van der Waals surface area (Å²) in [4.78, 5) is 11.3. The molecular weight excluding hydrogens is 304 g/mol. The minimum atomic E-state index is 0.575. The third-order valence-corrected chi connectivity index (χ3v) is 3.75. The average molecular weight is 328 g/mol. The van der Waals surface area contributed by atoms with Crippen molar-refractivity contribution in [2.24, 2.45) is 0 Å². The van der Waals surface area contributed by atoms with Gasteiger partial charge in [0.25, 0.3) is 0 Å². The van der Waals surface area contributed by atoms with E-state index < -0.39 is 0 Å². The van der Waals surface area contributed by atoms with Crippen molar-refractivity contribution in [1.82, 2.24) is 9.97 Å². The Balaban J connectivity index is 1.76. The minimum absolute atomic E-state index is 0.575. The van der Waals surface area contributed by atoms with Crippen molar-refractivity contribution < 1.29 is 9.47 Å². The van der Waals surface area contributed by atoms with Gasteiger partial charge in [0.15, 0.2) is 11.5 Å². The highest BCUT2D eigenvalue weighted by Gasteiger charge is 2.13. The lowest BCUT2D eigenvalue weighted by Gasteiger charge is -2.23. The minimum Gasteiger partial charge on any atom is -0.486 e. The van der Waals surface area contributed by atoms with Crippen molar-refractivity contribution in [2.45, 2.75) is 26.7 Å². The highest BCUT2D eigenvalue weighted by molar-refractivity contribution is 5.60. The zero-order chi connectivity index (χ0) is 16.8. The number of anilines is 3. The number of hydrogen-bond donors (Lipinski definition) is 1. The maximum Gasteiger partial charge on any atom is 0.229 e. The topological polar surface area (TPSA) is 59.5 Å². The normalized spacial score (nSPS) is 12.8. The first-order valence-corrected chi connectivity index (χ1v) is 8.54. The summed E-state index contributed by atoms with van der Waals surface area (Å²) in [5.41, 5.74) is 0.883. The Bertz CT molecular complexity index is 672. The number of rotatable bonds is 7. The number of benzene rings is 1. The SMILES string of the molecule is CCCN(CCC)c1ccnc(Nc2ccc3c(c2)OCCO3)n1. The van der Waals surface area contributed by atoms with Crippen LogP contribution in [0.5, 0.6) is 11.5 Å². The van der Waals surface area contributed by atoms with E-state index in [-0.39, 0.29) is 0 Å². The second-order valence-corrected chi connectivity index (χ2v) is 5.71. The smallest absolute Gasteiger partial charge is 0.229 e. The summed E-state index contributed by atoms with van der Waals surface area (Å²) < 4.78 is 11.2. The molecule has 0 atom stereocenters. The summed E-state index contributed by atoms with van der Waals surface area (Å²) >= 11 is 0. The first-order valence-electron chi connectivity index (χ1n) is 8.54. The van der Waals surface area contributed by atoms with Gasteiger partial charge in [-0.25, -0.2) is 4.98 Å². The van der Waals surface area contributed by atoms with Gasteiger partial charge in [-0.2, -0.15) is 4.98 Å². The zero-order valence-corrected chi connectivity index (χ0v) is 14.3. The van der Waals surface area contributed by atoms with Gasteiger partial charge in [0.05, 0.1) is 0 Å². The predicted octanol–water partition coefficient (Wildman–Crippen LogP) is 3.62. The Morgan fingerprint density at radius 1 is 1.04 bits per heavy atom. The molecule has 2 heterocycles. The van der Waals surface area contributed by atoms with Crippen molar-refractivity contribution in [3.63, 3.8) is 0 Å². The predicted molar refractivity (Wildman–Crippen MR) is 95.5 cm³/mol. The summed E-state index contributed by atoms with van der Waals surface area (Å²) in [6.07, 6.45) is 3.98. The quantitative estimate of drug-likeness (QED) is 0.838. The van der Waals surface area contributed by atoms with E-state index in [4.69, 9.17) is 9.47 Å². The third kappa shape index (κ3) is 3.88. The van der Waals surface area contributed by atoms with Gasteiger partial charge >= 0.3 is 0 Å². The maximum absolute atomic E-state index is 5.61. The molecule has 1 aliphatic rings. The second-order valence-electron chi connectivity index (χ2n) is 5.71. The Morgan fingerprint density at radius 2 is 1.79 bits per heavy atom. The number of hydrogen-bond acceptors (Lipinski definition) is 6. The zero-order valence-electron chi connectivity index (χ0n) is 14.3. The van der Waals surface area contributed by atoms with Crippen LogP contribution in [0.2, 0.25) is 0 Å². The molecule has 0 bridgehead atoms. The molecule has 0 fully saturated rings. The van der Waals surface area contributed by atoms with E-state index in [1.807, 2.05) is 24.3 Å². The molecule has 1 aromatic heterocycles.